The van der Waals surface area contributed by atoms with E-state index in [0.29, 0.717) is 23.2 Å². The van der Waals surface area contributed by atoms with Crippen LogP contribution in [-0.2, 0) is 6.54 Å². The number of thiazole rings is 1. The summed E-state index contributed by atoms with van der Waals surface area (Å²) >= 11 is 1.45. The van der Waals surface area contributed by atoms with E-state index in [2.05, 4.69) is 21.7 Å². The molecule has 130 valence electrons. The van der Waals surface area contributed by atoms with Crippen molar-refractivity contribution < 1.29 is 14.3 Å². The summed E-state index contributed by atoms with van der Waals surface area (Å²) in [6.45, 7) is 2.37. The van der Waals surface area contributed by atoms with Gasteiger partial charge in [0, 0.05) is 18.2 Å². The predicted octanol–water partition coefficient (Wildman–Crippen LogP) is 3.94. The van der Waals surface area contributed by atoms with Gasteiger partial charge in [-0.15, -0.1) is 0 Å². The highest BCUT2D eigenvalue weighted by molar-refractivity contribution is 7.22. The quantitative estimate of drug-likeness (QED) is 0.725. The molecule has 3 aromatic rings. The lowest BCUT2D eigenvalue weighted by Crippen LogP contribution is -2.28. The van der Waals surface area contributed by atoms with E-state index in [1.54, 1.807) is 20.3 Å². The molecule has 0 radical (unpaired) electrons. The Kier molecular flexibility index (Phi) is 5.04. The molecule has 0 aliphatic carbocycles. The molecule has 0 bridgehead atoms. The van der Waals surface area contributed by atoms with Crippen LogP contribution in [0, 0.1) is 6.92 Å². The number of nitrogens with zero attached hydrogens (tertiary/aromatic N) is 1. The van der Waals surface area contributed by atoms with Gasteiger partial charge in [-0.2, -0.15) is 0 Å². The Morgan fingerprint density at radius 2 is 2.00 bits per heavy atom. The first-order valence-electron chi connectivity index (χ1n) is 7.72. The molecule has 0 aliphatic heterocycles. The van der Waals surface area contributed by atoms with Crippen LogP contribution in [-0.4, -0.2) is 25.2 Å². The zero-order chi connectivity index (χ0) is 17.8. The summed E-state index contributed by atoms with van der Waals surface area (Å²) in [5, 5.41) is 6.15. The number of ether oxygens (including phenoxy) is 2. The van der Waals surface area contributed by atoms with Crippen molar-refractivity contribution in [1.29, 1.82) is 0 Å². The molecule has 0 fully saturated rings. The molecule has 0 unspecified atom stereocenters. The third-order valence-electron chi connectivity index (χ3n) is 3.70. The Morgan fingerprint density at radius 1 is 1.16 bits per heavy atom. The number of hydrogen-bond donors (Lipinski definition) is 2. The van der Waals surface area contributed by atoms with Crippen LogP contribution in [0.25, 0.3) is 10.2 Å². The molecular formula is C18H19N3O3S. The molecule has 0 saturated carbocycles. The van der Waals surface area contributed by atoms with Crippen LogP contribution in [0.1, 0.15) is 11.1 Å². The van der Waals surface area contributed by atoms with Crippen LogP contribution in [0.2, 0.25) is 0 Å². The first-order valence-corrected chi connectivity index (χ1v) is 8.53. The maximum atomic E-state index is 12.1. The van der Waals surface area contributed by atoms with Gasteiger partial charge in [-0.1, -0.05) is 17.4 Å². The minimum Gasteiger partial charge on any atom is -0.497 e. The summed E-state index contributed by atoms with van der Waals surface area (Å²) in [4.78, 5) is 16.5. The van der Waals surface area contributed by atoms with Crippen LogP contribution < -0.4 is 20.1 Å². The van der Waals surface area contributed by atoms with E-state index in [1.165, 1.54) is 16.9 Å². The van der Waals surface area contributed by atoms with Gasteiger partial charge in [-0.05, 0) is 36.8 Å². The number of nitrogens with one attached hydrogen (secondary N) is 2. The lowest BCUT2D eigenvalue weighted by molar-refractivity contribution is 0.251. The maximum Gasteiger partial charge on any atom is 0.321 e. The van der Waals surface area contributed by atoms with Crippen molar-refractivity contribution in [2.45, 2.75) is 13.5 Å². The second-order valence-electron chi connectivity index (χ2n) is 5.48. The van der Waals surface area contributed by atoms with Crippen molar-refractivity contribution in [3.05, 3.63) is 47.5 Å². The topological polar surface area (TPSA) is 72.5 Å². The first-order chi connectivity index (χ1) is 12.1. The summed E-state index contributed by atoms with van der Waals surface area (Å²) in [5.41, 5.74) is 2.90. The number of methoxy groups -OCH3 is 2. The second-order valence-corrected chi connectivity index (χ2v) is 6.51. The molecule has 3 rings (SSSR count). The Balaban J connectivity index is 1.64. The first kappa shape index (κ1) is 17.0. The van der Waals surface area contributed by atoms with Crippen molar-refractivity contribution in [2.24, 2.45) is 0 Å². The van der Waals surface area contributed by atoms with Crippen LogP contribution >= 0.6 is 11.3 Å². The molecule has 25 heavy (non-hydrogen) atoms. The molecule has 1 heterocycles. The number of rotatable bonds is 5. The van der Waals surface area contributed by atoms with Gasteiger partial charge in [-0.3, -0.25) is 5.32 Å². The van der Waals surface area contributed by atoms with E-state index in [4.69, 9.17) is 9.47 Å². The number of urea groups is 1. The maximum absolute atomic E-state index is 12.1. The van der Waals surface area contributed by atoms with E-state index in [0.717, 1.165) is 15.8 Å². The number of hydrogen-bond acceptors (Lipinski definition) is 5. The SMILES string of the molecule is COc1ccc(CNC(=O)Nc2nc3ccc(C)cc3s2)c(OC)c1. The van der Waals surface area contributed by atoms with E-state index >= 15 is 0 Å². The molecule has 0 atom stereocenters. The molecule has 2 aromatic carbocycles. The van der Waals surface area contributed by atoms with Crippen LogP contribution in [0.5, 0.6) is 11.5 Å². The lowest BCUT2D eigenvalue weighted by Gasteiger charge is -2.11. The molecule has 6 nitrogen and oxygen atoms in total. The fraction of sp³-hybridized carbons (Fsp3) is 0.222. The van der Waals surface area contributed by atoms with Gasteiger partial charge < -0.3 is 14.8 Å². The Morgan fingerprint density at radius 3 is 2.76 bits per heavy atom. The summed E-state index contributed by atoms with van der Waals surface area (Å²) in [6.07, 6.45) is 0. The van der Waals surface area contributed by atoms with Crippen LogP contribution in [0.3, 0.4) is 0 Å². The monoisotopic (exact) mass is 357 g/mol. The molecule has 7 heteroatoms. The van der Waals surface area contributed by atoms with E-state index in [-0.39, 0.29) is 6.03 Å². The van der Waals surface area contributed by atoms with E-state index in [9.17, 15) is 4.79 Å². The number of carbonyl (C=O) groups excluding carboxylic acids is 1. The van der Waals surface area contributed by atoms with Gasteiger partial charge in [-0.25, -0.2) is 9.78 Å². The molecule has 0 saturated heterocycles. The van der Waals surface area contributed by atoms with Gasteiger partial charge in [0.25, 0.3) is 0 Å². The fourth-order valence-corrected chi connectivity index (χ4v) is 3.36. The predicted molar refractivity (Wildman–Crippen MR) is 99.8 cm³/mol. The van der Waals surface area contributed by atoms with E-state index < -0.39 is 0 Å². The summed E-state index contributed by atoms with van der Waals surface area (Å²) in [7, 11) is 3.18. The van der Waals surface area contributed by atoms with Crippen LogP contribution in [0.15, 0.2) is 36.4 Å². The molecular weight excluding hydrogens is 338 g/mol. The average Bonchev–Trinajstić information content (AvgIpc) is 3.00. The second kappa shape index (κ2) is 7.40. The summed E-state index contributed by atoms with van der Waals surface area (Å²) < 4.78 is 11.5. The smallest absolute Gasteiger partial charge is 0.321 e. The van der Waals surface area contributed by atoms with Crippen molar-refractivity contribution in [2.75, 3.05) is 19.5 Å². The largest absolute Gasteiger partial charge is 0.497 e. The van der Waals surface area contributed by atoms with Gasteiger partial charge in [0.1, 0.15) is 11.5 Å². The van der Waals surface area contributed by atoms with Crippen LogP contribution in [0.4, 0.5) is 9.93 Å². The van der Waals surface area contributed by atoms with E-state index in [1.807, 2.05) is 31.2 Å². The number of aryl methyl sites for hydroxylation is 1. The fourth-order valence-electron chi connectivity index (χ4n) is 2.40. The van der Waals surface area contributed by atoms with Crippen molar-refractivity contribution >= 4 is 32.7 Å². The number of anilines is 1. The number of carbonyl (C=O) groups is 1. The molecule has 2 N–H and O–H groups in total. The van der Waals surface area contributed by atoms with Gasteiger partial charge >= 0.3 is 6.03 Å². The van der Waals surface area contributed by atoms with Crippen molar-refractivity contribution in [3.63, 3.8) is 0 Å². The average molecular weight is 357 g/mol. The number of fused-ring (bicyclic) bond motifs is 1. The zero-order valence-corrected chi connectivity index (χ0v) is 15.1. The Bertz CT molecular complexity index is 908. The number of aromatic nitrogens is 1. The Hall–Kier alpha value is -2.80. The van der Waals surface area contributed by atoms with Gasteiger partial charge in [0.05, 0.1) is 24.4 Å². The minimum absolute atomic E-state index is 0.311. The zero-order valence-electron chi connectivity index (χ0n) is 14.3. The Labute approximate surface area is 149 Å². The molecule has 1 aromatic heterocycles. The highest BCUT2D eigenvalue weighted by atomic mass is 32.1. The molecule has 0 aliphatic rings. The molecule has 2 amide bonds. The third kappa shape index (κ3) is 4.00. The van der Waals surface area contributed by atoms with Gasteiger partial charge in [0.2, 0.25) is 0 Å². The lowest BCUT2D eigenvalue weighted by atomic mass is 10.2. The molecule has 0 spiro atoms. The third-order valence-corrected chi connectivity index (χ3v) is 4.63. The van der Waals surface area contributed by atoms with Crippen molar-refractivity contribution in [3.8, 4) is 11.5 Å². The normalized spacial score (nSPS) is 10.5. The van der Waals surface area contributed by atoms with Crippen molar-refractivity contribution in [1.82, 2.24) is 10.3 Å². The standard InChI is InChI=1S/C18H19N3O3S/c1-11-4-7-14-16(8-11)25-18(20-14)21-17(22)19-10-12-5-6-13(23-2)9-15(12)24-3/h4-9H,10H2,1-3H3,(H2,19,20,21,22). The number of amides is 2. The summed E-state index contributed by atoms with van der Waals surface area (Å²) in [5.74, 6) is 1.37. The van der Waals surface area contributed by atoms with Gasteiger partial charge in [0.15, 0.2) is 5.13 Å². The minimum atomic E-state index is -0.311. The number of benzene rings is 2. The highest BCUT2D eigenvalue weighted by Gasteiger charge is 2.10. The summed E-state index contributed by atoms with van der Waals surface area (Å²) in [6, 6.07) is 11.2. The highest BCUT2D eigenvalue weighted by Crippen LogP contribution is 2.27.